The molecule has 8 nitrogen and oxygen atoms in total. The first-order valence-corrected chi connectivity index (χ1v) is 10.2. The highest BCUT2D eigenvalue weighted by atomic mass is 32.2. The summed E-state index contributed by atoms with van der Waals surface area (Å²) in [6.07, 6.45) is 7.34. The van der Waals surface area contributed by atoms with Crippen LogP contribution in [0, 0.1) is 11.3 Å². The largest absolute Gasteiger partial charge is 0.382 e. The van der Waals surface area contributed by atoms with E-state index in [1.807, 2.05) is 30.2 Å². The molecule has 1 fully saturated rings. The number of anilines is 2. The van der Waals surface area contributed by atoms with Crippen LogP contribution in [-0.4, -0.2) is 43.2 Å². The summed E-state index contributed by atoms with van der Waals surface area (Å²) in [6.45, 7) is 1.94. The molecule has 0 radical (unpaired) electrons. The van der Waals surface area contributed by atoms with Crippen LogP contribution in [0.15, 0.2) is 47.8 Å². The Hall–Kier alpha value is -3.09. The van der Waals surface area contributed by atoms with Gasteiger partial charge in [0.25, 0.3) is 0 Å². The lowest BCUT2D eigenvalue weighted by Crippen LogP contribution is -2.36. The van der Waals surface area contributed by atoms with Gasteiger partial charge in [-0.3, -0.25) is 4.68 Å². The molecular formula is C20H22N8S. The number of nitrogens with one attached hydrogen (secondary N) is 1. The van der Waals surface area contributed by atoms with E-state index in [0.29, 0.717) is 17.6 Å². The fourth-order valence-corrected chi connectivity index (χ4v) is 4.20. The highest BCUT2D eigenvalue weighted by molar-refractivity contribution is 7.97. The van der Waals surface area contributed by atoms with Crippen LogP contribution in [0.25, 0.3) is 11.1 Å². The fraction of sp³-hybridized carbons (Fsp3) is 0.300. The van der Waals surface area contributed by atoms with Crippen LogP contribution in [0.3, 0.4) is 0 Å². The van der Waals surface area contributed by atoms with E-state index in [-0.39, 0.29) is 5.82 Å². The van der Waals surface area contributed by atoms with Crippen molar-refractivity contribution in [2.75, 3.05) is 24.1 Å². The summed E-state index contributed by atoms with van der Waals surface area (Å²) >= 11 is 1.79. The van der Waals surface area contributed by atoms with Crippen molar-refractivity contribution in [3.05, 3.63) is 48.4 Å². The Balaban J connectivity index is 1.28. The molecule has 0 aliphatic carbocycles. The molecule has 0 saturated carbocycles. The minimum Gasteiger partial charge on any atom is -0.382 e. The molecule has 1 aliphatic rings. The van der Waals surface area contributed by atoms with Crippen molar-refractivity contribution in [2.24, 2.45) is 7.05 Å². The average Bonchev–Trinajstić information content (AvgIpc) is 3.16. The maximum absolute atomic E-state index is 8.91. The minimum atomic E-state index is 0.215. The van der Waals surface area contributed by atoms with Crippen molar-refractivity contribution in [2.45, 2.75) is 23.8 Å². The number of nitrogens with two attached hydrogens (primary N) is 1. The van der Waals surface area contributed by atoms with E-state index in [1.54, 1.807) is 11.9 Å². The average molecular weight is 407 g/mol. The molecule has 4 rings (SSSR count). The molecule has 0 unspecified atom stereocenters. The van der Waals surface area contributed by atoms with Gasteiger partial charge in [-0.25, -0.2) is 9.29 Å². The molecule has 1 saturated heterocycles. The molecule has 2 aromatic heterocycles. The summed E-state index contributed by atoms with van der Waals surface area (Å²) in [5.41, 5.74) is 8.37. The highest BCUT2D eigenvalue weighted by Gasteiger charge is 2.21. The van der Waals surface area contributed by atoms with E-state index in [0.717, 1.165) is 31.5 Å². The second kappa shape index (κ2) is 8.51. The Morgan fingerprint density at radius 3 is 2.55 bits per heavy atom. The molecule has 9 heteroatoms. The third-order valence-electron chi connectivity index (χ3n) is 4.85. The number of benzene rings is 1. The Kier molecular flexibility index (Phi) is 5.64. The first kappa shape index (κ1) is 19.2. The van der Waals surface area contributed by atoms with Gasteiger partial charge in [-0.15, -0.1) is 0 Å². The van der Waals surface area contributed by atoms with Crippen molar-refractivity contribution in [1.29, 1.82) is 5.26 Å². The van der Waals surface area contributed by atoms with Crippen LogP contribution in [0.1, 0.15) is 18.4 Å². The highest BCUT2D eigenvalue weighted by Crippen LogP contribution is 2.29. The predicted molar refractivity (Wildman–Crippen MR) is 114 cm³/mol. The van der Waals surface area contributed by atoms with Gasteiger partial charge in [0.15, 0.2) is 0 Å². The van der Waals surface area contributed by atoms with Crippen molar-refractivity contribution in [3.63, 3.8) is 0 Å². The minimum absolute atomic E-state index is 0.215. The number of piperidine rings is 1. The van der Waals surface area contributed by atoms with Crippen LogP contribution < -0.4 is 11.1 Å². The Morgan fingerprint density at radius 2 is 1.93 bits per heavy atom. The molecular weight excluding hydrogens is 384 g/mol. The third-order valence-corrected chi connectivity index (χ3v) is 5.96. The summed E-state index contributed by atoms with van der Waals surface area (Å²) in [6, 6.07) is 10.9. The van der Waals surface area contributed by atoms with Gasteiger partial charge in [-0.2, -0.15) is 15.3 Å². The number of nitrogens with zero attached hydrogens (tertiary/aromatic N) is 6. The van der Waals surface area contributed by atoms with Gasteiger partial charge >= 0.3 is 0 Å². The van der Waals surface area contributed by atoms with Crippen LogP contribution >= 0.6 is 11.9 Å². The Labute approximate surface area is 173 Å². The summed E-state index contributed by atoms with van der Waals surface area (Å²) in [7, 11) is 1.93. The zero-order valence-electron chi connectivity index (χ0n) is 16.1. The number of nitriles is 1. The lowest BCUT2D eigenvalue weighted by Gasteiger charge is -2.31. The van der Waals surface area contributed by atoms with Gasteiger partial charge in [0.2, 0.25) is 5.95 Å². The van der Waals surface area contributed by atoms with Crippen LogP contribution in [0.2, 0.25) is 0 Å². The van der Waals surface area contributed by atoms with E-state index in [1.165, 1.54) is 16.7 Å². The first-order chi connectivity index (χ1) is 14.1. The summed E-state index contributed by atoms with van der Waals surface area (Å²) < 4.78 is 4.19. The molecule has 1 aromatic carbocycles. The van der Waals surface area contributed by atoms with Gasteiger partial charge in [0, 0.05) is 42.8 Å². The standard InChI is InChI=1S/C20H22N8S/c1-27-13-16(12-24-27)14-2-4-18(5-3-14)29-28-8-6-17(7-9-28)25-20-23-11-15(10-21)19(22)26-20/h2-5,11-13,17H,6-9H2,1H3,(H3,22,23,25,26). The molecule has 3 aromatic rings. The Bertz CT molecular complexity index is 1020. The molecule has 3 heterocycles. The fourth-order valence-electron chi connectivity index (χ4n) is 3.25. The molecule has 148 valence electrons. The maximum Gasteiger partial charge on any atom is 0.224 e. The molecule has 29 heavy (non-hydrogen) atoms. The van der Waals surface area contributed by atoms with E-state index in [4.69, 9.17) is 11.0 Å². The van der Waals surface area contributed by atoms with Crippen molar-refractivity contribution >= 4 is 23.7 Å². The lowest BCUT2D eigenvalue weighted by molar-refractivity contribution is 0.357. The topological polar surface area (TPSA) is 109 Å². The SMILES string of the molecule is Cn1cc(-c2ccc(SN3CCC(Nc4ncc(C#N)c(N)n4)CC3)cc2)cn1. The smallest absolute Gasteiger partial charge is 0.224 e. The van der Waals surface area contributed by atoms with Gasteiger partial charge in [0.05, 0.1) is 12.4 Å². The zero-order chi connectivity index (χ0) is 20.2. The van der Waals surface area contributed by atoms with E-state index >= 15 is 0 Å². The second-order valence-electron chi connectivity index (χ2n) is 6.97. The number of hydrogen-bond donors (Lipinski definition) is 2. The van der Waals surface area contributed by atoms with E-state index in [2.05, 4.69) is 49.0 Å². The normalized spacial score (nSPS) is 15.2. The molecule has 0 amide bonds. The molecule has 1 aliphatic heterocycles. The van der Waals surface area contributed by atoms with Crippen LogP contribution in [0.4, 0.5) is 11.8 Å². The van der Waals surface area contributed by atoms with Crippen LogP contribution in [0.5, 0.6) is 0 Å². The predicted octanol–water partition coefficient (Wildman–Crippen LogP) is 2.91. The number of rotatable bonds is 5. The summed E-state index contributed by atoms with van der Waals surface area (Å²) in [5, 5.41) is 16.5. The number of hydrogen-bond acceptors (Lipinski definition) is 8. The van der Waals surface area contributed by atoms with E-state index < -0.39 is 0 Å². The lowest BCUT2D eigenvalue weighted by atomic mass is 10.1. The number of nitrogen functional groups attached to an aromatic ring is 1. The Morgan fingerprint density at radius 1 is 1.17 bits per heavy atom. The monoisotopic (exact) mass is 406 g/mol. The van der Waals surface area contributed by atoms with Gasteiger partial charge < -0.3 is 11.1 Å². The molecule has 0 spiro atoms. The van der Waals surface area contributed by atoms with E-state index in [9.17, 15) is 0 Å². The summed E-state index contributed by atoms with van der Waals surface area (Å²) in [5.74, 6) is 0.700. The molecule has 0 atom stereocenters. The summed E-state index contributed by atoms with van der Waals surface area (Å²) in [4.78, 5) is 9.57. The van der Waals surface area contributed by atoms with Gasteiger partial charge in [0.1, 0.15) is 17.5 Å². The van der Waals surface area contributed by atoms with Crippen molar-refractivity contribution in [3.8, 4) is 17.2 Å². The van der Waals surface area contributed by atoms with Crippen LogP contribution in [-0.2, 0) is 7.05 Å². The van der Waals surface area contributed by atoms with Crippen molar-refractivity contribution < 1.29 is 0 Å². The zero-order valence-corrected chi connectivity index (χ0v) is 16.9. The maximum atomic E-state index is 8.91. The number of aryl methyl sites for hydroxylation is 1. The number of aromatic nitrogens is 4. The second-order valence-corrected chi connectivity index (χ2v) is 8.14. The van der Waals surface area contributed by atoms with Gasteiger partial charge in [-0.1, -0.05) is 12.1 Å². The molecule has 3 N–H and O–H groups in total. The van der Waals surface area contributed by atoms with Crippen molar-refractivity contribution in [1.82, 2.24) is 24.1 Å². The first-order valence-electron chi connectivity index (χ1n) is 9.42. The quantitative estimate of drug-likeness (QED) is 0.623. The molecule has 0 bridgehead atoms. The third kappa shape index (κ3) is 4.67. The van der Waals surface area contributed by atoms with Gasteiger partial charge in [-0.05, 0) is 42.5 Å².